The maximum absolute atomic E-state index is 11.1. The summed E-state index contributed by atoms with van der Waals surface area (Å²) >= 11 is 0. The van der Waals surface area contributed by atoms with Crippen LogP contribution in [0, 0.1) is 0 Å². The molecule has 5 heteroatoms. The van der Waals surface area contributed by atoms with Gasteiger partial charge in [0.25, 0.3) is 0 Å². The van der Waals surface area contributed by atoms with Crippen LogP contribution in [0.15, 0.2) is 23.4 Å². The second-order valence-electron chi connectivity index (χ2n) is 2.99. The third-order valence-corrected chi connectivity index (χ3v) is 2.65. The summed E-state index contributed by atoms with van der Waals surface area (Å²) in [4.78, 5) is 3.75. The third-order valence-electron chi connectivity index (χ3n) is 1.66. The minimum Gasteiger partial charge on any atom is -0.324 e. The number of pyridine rings is 1. The normalized spacial score (nSPS) is 14.1. The number of rotatable bonds is 2. The second-order valence-corrected chi connectivity index (χ2v) is 4.95. The predicted octanol–water partition coefficient (Wildman–Crippen LogP) is 0.505. The quantitative estimate of drug-likeness (QED) is 0.754. The van der Waals surface area contributed by atoms with Crippen molar-refractivity contribution in [2.45, 2.75) is 18.0 Å². The summed E-state index contributed by atoms with van der Waals surface area (Å²) in [7, 11) is -3.23. The van der Waals surface area contributed by atoms with E-state index in [2.05, 4.69) is 4.98 Å². The molecule has 2 N–H and O–H groups in total. The van der Waals surface area contributed by atoms with Crippen LogP contribution in [0.3, 0.4) is 0 Å². The molecule has 13 heavy (non-hydrogen) atoms. The topological polar surface area (TPSA) is 73.0 Å². The first-order valence-corrected chi connectivity index (χ1v) is 5.72. The molecule has 72 valence electrons. The van der Waals surface area contributed by atoms with Gasteiger partial charge in [0.05, 0.1) is 0 Å². The van der Waals surface area contributed by atoms with Crippen molar-refractivity contribution < 1.29 is 8.42 Å². The highest BCUT2D eigenvalue weighted by Gasteiger charge is 2.10. The maximum Gasteiger partial charge on any atom is 0.192 e. The zero-order valence-electron chi connectivity index (χ0n) is 7.56. The molecule has 0 aliphatic rings. The Bertz CT molecular complexity index is 398. The van der Waals surface area contributed by atoms with E-state index in [9.17, 15) is 8.42 Å². The number of hydrogen-bond acceptors (Lipinski definition) is 4. The lowest BCUT2D eigenvalue weighted by atomic mass is 10.1. The van der Waals surface area contributed by atoms with Crippen LogP contribution in [0.1, 0.15) is 18.5 Å². The van der Waals surface area contributed by atoms with E-state index in [1.54, 1.807) is 13.0 Å². The van der Waals surface area contributed by atoms with Crippen LogP contribution in [0.25, 0.3) is 0 Å². The largest absolute Gasteiger partial charge is 0.324 e. The molecular formula is C8H12N2O2S. The van der Waals surface area contributed by atoms with Gasteiger partial charge in [0.15, 0.2) is 14.9 Å². The van der Waals surface area contributed by atoms with Gasteiger partial charge >= 0.3 is 0 Å². The summed E-state index contributed by atoms with van der Waals surface area (Å²) in [6, 6.07) is 3.03. The zero-order chi connectivity index (χ0) is 10.1. The summed E-state index contributed by atoms with van der Waals surface area (Å²) < 4.78 is 22.2. The highest BCUT2D eigenvalue weighted by Crippen LogP contribution is 2.12. The van der Waals surface area contributed by atoms with E-state index in [4.69, 9.17) is 5.73 Å². The van der Waals surface area contributed by atoms with E-state index >= 15 is 0 Å². The van der Waals surface area contributed by atoms with Gasteiger partial charge in [0, 0.05) is 18.5 Å². The molecule has 0 bridgehead atoms. The number of nitrogens with zero attached hydrogens (tertiary/aromatic N) is 1. The summed E-state index contributed by atoms with van der Waals surface area (Å²) in [5.74, 6) is 0. The summed E-state index contributed by atoms with van der Waals surface area (Å²) in [6.07, 6.45) is 2.58. The minimum absolute atomic E-state index is 0.0716. The first-order chi connectivity index (χ1) is 5.91. The highest BCUT2D eigenvalue weighted by atomic mass is 32.2. The number of sulfone groups is 1. The fraction of sp³-hybridized carbons (Fsp3) is 0.375. The lowest BCUT2D eigenvalue weighted by molar-refractivity contribution is 0.598. The molecule has 1 aromatic rings. The smallest absolute Gasteiger partial charge is 0.192 e. The van der Waals surface area contributed by atoms with Gasteiger partial charge in [-0.05, 0) is 24.6 Å². The molecule has 0 aromatic carbocycles. The highest BCUT2D eigenvalue weighted by molar-refractivity contribution is 7.90. The van der Waals surface area contributed by atoms with Crippen LogP contribution in [-0.2, 0) is 9.84 Å². The predicted molar refractivity (Wildman–Crippen MR) is 49.9 cm³/mol. The van der Waals surface area contributed by atoms with E-state index in [0.717, 1.165) is 11.8 Å². The van der Waals surface area contributed by atoms with Crippen molar-refractivity contribution in [3.63, 3.8) is 0 Å². The Hall–Kier alpha value is -0.940. The Labute approximate surface area is 77.7 Å². The van der Waals surface area contributed by atoms with Crippen molar-refractivity contribution in [3.8, 4) is 0 Å². The fourth-order valence-electron chi connectivity index (χ4n) is 0.911. The summed E-state index contributed by atoms with van der Waals surface area (Å²) in [6.45, 7) is 1.79. The minimum atomic E-state index is -3.23. The van der Waals surface area contributed by atoms with Gasteiger partial charge in [0.1, 0.15) is 0 Å². The fourth-order valence-corrected chi connectivity index (χ4v) is 1.51. The number of aromatic nitrogens is 1. The van der Waals surface area contributed by atoms with Crippen molar-refractivity contribution in [2.75, 3.05) is 6.26 Å². The Balaban J connectivity index is 3.21. The number of nitrogens with two attached hydrogens (primary N) is 1. The Morgan fingerprint density at radius 1 is 1.54 bits per heavy atom. The summed E-state index contributed by atoms with van der Waals surface area (Å²) in [5.41, 5.74) is 6.38. The summed E-state index contributed by atoms with van der Waals surface area (Å²) in [5, 5.41) is 0.0716. The van der Waals surface area contributed by atoms with Crippen molar-refractivity contribution in [1.82, 2.24) is 4.98 Å². The Morgan fingerprint density at radius 2 is 2.15 bits per heavy atom. The molecule has 0 aliphatic carbocycles. The third kappa shape index (κ3) is 2.50. The maximum atomic E-state index is 11.1. The Morgan fingerprint density at radius 3 is 2.62 bits per heavy atom. The van der Waals surface area contributed by atoms with Crippen LogP contribution in [0.4, 0.5) is 0 Å². The first-order valence-electron chi connectivity index (χ1n) is 3.83. The Kier molecular flexibility index (Phi) is 2.68. The van der Waals surface area contributed by atoms with E-state index in [1.165, 1.54) is 12.3 Å². The average molecular weight is 200 g/mol. The van der Waals surface area contributed by atoms with Gasteiger partial charge in [-0.15, -0.1) is 0 Å². The standard InChI is InChI=1S/C8H12N2O2S/c1-6(9)7-3-4-10-8(5-7)13(2,11)12/h3-6H,9H2,1-2H3/t6-/m0/s1. The van der Waals surface area contributed by atoms with Crippen LogP contribution >= 0.6 is 0 Å². The molecule has 0 radical (unpaired) electrons. The molecule has 1 atom stereocenters. The molecule has 1 aromatic heterocycles. The van der Waals surface area contributed by atoms with Gasteiger partial charge in [-0.3, -0.25) is 0 Å². The first kappa shape index (κ1) is 10.1. The molecule has 0 saturated carbocycles. The van der Waals surface area contributed by atoms with Crippen molar-refractivity contribution in [3.05, 3.63) is 23.9 Å². The lowest BCUT2D eigenvalue weighted by Crippen LogP contribution is -2.07. The van der Waals surface area contributed by atoms with E-state index < -0.39 is 9.84 Å². The molecule has 0 unspecified atom stereocenters. The van der Waals surface area contributed by atoms with Crippen molar-refractivity contribution >= 4 is 9.84 Å². The van der Waals surface area contributed by atoms with Crippen LogP contribution in [0.2, 0.25) is 0 Å². The van der Waals surface area contributed by atoms with Gasteiger partial charge in [-0.25, -0.2) is 13.4 Å². The molecule has 0 saturated heterocycles. The molecular weight excluding hydrogens is 188 g/mol. The molecule has 4 nitrogen and oxygen atoms in total. The van der Waals surface area contributed by atoms with Crippen LogP contribution in [-0.4, -0.2) is 19.7 Å². The molecule has 0 fully saturated rings. The van der Waals surface area contributed by atoms with Gasteiger partial charge in [-0.2, -0.15) is 0 Å². The van der Waals surface area contributed by atoms with Crippen LogP contribution in [0.5, 0.6) is 0 Å². The SMILES string of the molecule is C[C@H](N)c1ccnc(S(C)(=O)=O)c1. The van der Waals surface area contributed by atoms with Crippen molar-refractivity contribution in [2.24, 2.45) is 5.73 Å². The lowest BCUT2D eigenvalue weighted by Gasteiger charge is -2.05. The van der Waals surface area contributed by atoms with E-state index in [0.29, 0.717) is 0 Å². The monoisotopic (exact) mass is 200 g/mol. The van der Waals surface area contributed by atoms with Crippen molar-refractivity contribution in [1.29, 1.82) is 0 Å². The number of hydrogen-bond donors (Lipinski definition) is 1. The van der Waals surface area contributed by atoms with Gasteiger partial charge in [-0.1, -0.05) is 0 Å². The molecule has 0 aliphatic heterocycles. The average Bonchev–Trinajstić information content (AvgIpc) is 2.03. The molecule has 0 amide bonds. The van der Waals surface area contributed by atoms with E-state index in [1.807, 2.05) is 0 Å². The van der Waals surface area contributed by atoms with Gasteiger partial charge < -0.3 is 5.73 Å². The molecule has 0 spiro atoms. The van der Waals surface area contributed by atoms with Crippen LogP contribution < -0.4 is 5.73 Å². The van der Waals surface area contributed by atoms with Gasteiger partial charge in [0.2, 0.25) is 0 Å². The van der Waals surface area contributed by atoms with E-state index in [-0.39, 0.29) is 11.1 Å². The zero-order valence-corrected chi connectivity index (χ0v) is 8.38. The molecule has 1 heterocycles. The molecule has 1 rings (SSSR count). The second kappa shape index (κ2) is 3.43.